The first kappa shape index (κ1) is 20.2. The summed E-state index contributed by atoms with van der Waals surface area (Å²) in [6.07, 6.45) is 3.20. The molecule has 0 heterocycles. The van der Waals surface area contributed by atoms with Crippen molar-refractivity contribution in [2.75, 3.05) is 28.4 Å². The fraction of sp³-hybridized carbons (Fsp3) is 0.286. The molecule has 6 nitrogen and oxygen atoms in total. The Morgan fingerprint density at radius 2 is 1.59 bits per heavy atom. The molecule has 0 saturated heterocycles. The van der Waals surface area contributed by atoms with E-state index in [9.17, 15) is 4.79 Å². The molecular weight excluding hydrogens is 346 g/mol. The largest absolute Gasteiger partial charge is 0.497 e. The first-order valence-corrected chi connectivity index (χ1v) is 8.45. The van der Waals surface area contributed by atoms with E-state index in [0.29, 0.717) is 23.0 Å². The van der Waals surface area contributed by atoms with Gasteiger partial charge in [0.15, 0.2) is 11.5 Å². The molecule has 27 heavy (non-hydrogen) atoms. The molecule has 1 atom stereocenters. The second-order valence-corrected chi connectivity index (χ2v) is 5.79. The lowest BCUT2D eigenvalue weighted by molar-refractivity contribution is -0.117. The van der Waals surface area contributed by atoms with Crippen LogP contribution in [0.3, 0.4) is 0 Å². The molecule has 1 unspecified atom stereocenters. The number of rotatable bonds is 8. The maximum absolute atomic E-state index is 12.3. The zero-order valence-corrected chi connectivity index (χ0v) is 16.2. The van der Waals surface area contributed by atoms with Crippen LogP contribution in [0.4, 0.5) is 0 Å². The summed E-state index contributed by atoms with van der Waals surface area (Å²) in [5.74, 6) is 2.39. The zero-order chi connectivity index (χ0) is 19.8. The molecule has 0 aliphatic rings. The summed E-state index contributed by atoms with van der Waals surface area (Å²) in [5.41, 5.74) is 1.70. The topological polar surface area (TPSA) is 66.0 Å². The number of carbonyl (C=O) groups is 1. The summed E-state index contributed by atoms with van der Waals surface area (Å²) < 4.78 is 21.1. The predicted molar refractivity (Wildman–Crippen MR) is 105 cm³/mol. The van der Waals surface area contributed by atoms with Gasteiger partial charge >= 0.3 is 0 Å². The highest BCUT2D eigenvalue weighted by Gasteiger charge is 2.14. The van der Waals surface area contributed by atoms with E-state index >= 15 is 0 Å². The highest BCUT2D eigenvalue weighted by atomic mass is 16.5. The maximum Gasteiger partial charge on any atom is 0.244 e. The number of hydrogen-bond acceptors (Lipinski definition) is 5. The van der Waals surface area contributed by atoms with Crippen molar-refractivity contribution in [1.29, 1.82) is 0 Å². The third kappa shape index (κ3) is 5.17. The highest BCUT2D eigenvalue weighted by molar-refractivity contribution is 5.92. The lowest BCUT2D eigenvalue weighted by Crippen LogP contribution is -2.25. The number of amides is 1. The molecule has 1 N–H and O–H groups in total. The van der Waals surface area contributed by atoms with Crippen LogP contribution in [0.1, 0.15) is 24.1 Å². The Balaban J connectivity index is 2.08. The lowest BCUT2D eigenvalue weighted by Gasteiger charge is -2.17. The summed E-state index contributed by atoms with van der Waals surface area (Å²) in [7, 11) is 6.33. The lowest BCUT2D eigenvalue weighted by atomic mass is 10.1. The second kappa shape index (κ2) is 9.52. The number of methoxy groups -OCH3 is 4. The Kier molecular flexibility index (Phi) is 7.11. The van der Waals surface area contributed by atoms with Crippen molar-refractivity contribution in [2.24, 2.45) is 0 Å². The third-order valence-corrected chi connectivity index (χ3v) is 4.10. The monoisotopic (exact) mass is 371 g/mol. The molecule has 0 aliphatic carbocycles. The van der Waals surface area contributed by atoms with Crippen LogP contribution in [0.5, 0.6) is 23.0 Å². The predicted octanol–water partition coefficient (Wildman–Crippen LogP) is 3.61. The molecule has 144 valence electrons. The van der Waals surface area contributed by atoms with E-state index in [1.54, 1.807) is 52.7 Å². The van der Waals surface area contributed by atoms with Gasteiger partial charge in [-0.1, -0.05) is 6.07 Å². The van der Waals surface area contributed by atoms with Gasteiger partial charge in [-0.25, -0.2) is 0 Å². The molecule has 0 radical (unpaired) electrons. The van der Waals surface area contributed by atoms with Crippen LogP contribution in [-0.2, 0) is 4.79 Å². The molecule has 2 aromatic rings. The van der Waals surface area contributed by atoms with Gasteiger partial charge in [-0.2, -0.15) is 0 Å². The molecular formula is C21H25NO5. The molecule has 0 bridgehead atoms. The Bertz CT molecular complexity index is 816. The molecule has 6 heteroatoms. The van der Waals surface area contributed by atoms with E-state index in [-0.39, 0.29) is 11.9 Å². The van der Waals surface area contributed by atoms with Crippen LogP contribution in [0.2, 0.25) is 0 Å². The van der Waals surface area contributed by atoms with Gasteiger partial charge in [-0.3, -0.25) is 4.79 Å². The molecule has 0 aromatic heterocycles. The van der Waals surface area contributed by atoms with Crippen LogP contribution >= 0.6 is 0 Å². The Labute approximate surface area is 159 Å². The van der Waals surface area contributed by atoms with Crippen molar-refractivity contribution >= 4 is 12.0 Å². The molecule has 2 aromatic carbocycles. The Morgan fingerprint density at radius 1 is 0.889 bits per heavy atom. The van der Waals surface area contributed by atoms with E-state index in [4.69, 9.17) is 18.9 Å². The summed E-state index contributed by atoms with van der Waals surface area (Å²) in [5, 5.41) is 2.93. The molecule has 0 saturated carbocycles. The first-order valence-electron chi connectivity index (χ1n) is 8.45. The average Bonchev–Trinajstić information content (AvgIpc) is 2.71. The second-order valence-electron chi connectivity index (χ2n) is 5.79. The summed E-state index contributed by atoms with van der Waals surface area (Å²) in [6.45, 7) is 1.90. The minimum absolute atomic E-state index is 0.213. The number of benzene rings is 2. The molecule has 0 aliphatic heterocycles. The van der Waals surface area contributed by atoms with Crippen molar-refractivity contribution in [3.05, 3.63) is 53.6 Å². The van der Waals surface area contributed by atoms with Gasteiger partial charge in [-0.15, -0.1) is 0 Å². The van der Waals surface area contributed by atoms with Crippen LogP contribution < -0.4 is 24.3 Å². The summed E-state index contributed by atoms with van der Waals surface area (Å²) >= 11 is 0. The normalized spacial score (nSPS) is 11.7. The van der Waals surface area contributed by atoms with Gasteiger partial charge < -0.3 is 24.3 Å². The van der Waals surface area contributed by atoms with E-state index in [1.165, 1.54) is 6.08 Å². The van der Waals surface area contributed by atoms with E-state index in [0.717, 1.165) is 11.1 Å². The molecule has 0 fully saturated rings. The Morgan fingerprint density at radius 3 is 2.22 bits per heavy atom. The number of nitrogens with one attached hydrogen (secondary N) is 1. The first-order chi connectivity index (χ1) is 13.0. The SMILES string of the molecule is COc1ccc(C(C)NC(=O)/C=C/c2ccc(OC)c(OC)c2)c(OC)c1. The van der Waals surface area contributed by atoms with E-state index < -0.39 is 0 Å². The molecule has 0 spiro atoms. The highest BCUT2D eigenvalue weighted by Crippen LogP contribution is 2.30. The summed E-state index contributed by atoms with van der Waals surface area (Å²) in [4.78, 5) is 12.3. The van der Waals surface area contributed by atoms with Crippen LogP contribution in [-0.4, -0.2) is 34.3 Å². The standard InChI is InChI=1S/C21H25NO5/c1-14(17-9-8-16(24-2)13-19(17)26-4)22-21(23)11-7-15-6-10-18(25-3)20(12-15)27-5/h6-14H,1-5H3,(H,22,23)/b11-7+. The summed E-state index contributed by atoms with van der Waals surface area (Å²) in [6, 6.07) is 10.7. The number of carbonyl (C=O) groups excluding carboxylic acids is 1. The third-order valence-electron chi connectivity index (χ3n) is 4.10. The Hall–Kier alpha value is -3.15. The molecule has 1 amide bonds. The van der Waals surface area contributed by atoms with Crippen LogP contribution in [0.15, 0.2) is 42.5 Å². The van der Waals surface area contributed by atoms with Crippen LogP contribution in [0, 0.1) is 0 Å². The van der Waals surface area contributed by atoms with Gasteiger partial charge in [0.05, 0.1) is 34.5 Å². The van der Waals surface area contributed by atoms with Crippen molar-refractivity contribution in [3.8, 4) is 23.0 Å². The fourth-order valence-electron chi connectivity index (χ4n) is 2.64. The smallest absolute Gasteiger partial charge is 0.244 e. The molecule has 2 rings (SSSR count). The van der Waals surface area contributed by atoms with E-state index in [2.05, 4.69) is 5.32 Å². The van der Waals surface area contributed by atoms with Crippen molar-refractivity contribution in [1.82, 2.24) is 5.32 Å². The maximum atomic E-state index is 12.3. The zero-order valence-electron chi connectivity index (χ0n) is 16.2. The van der Waals surface area contributed by atoms with Gasteiger partial charge in [0.25, 0.3) is 0 Å². The van der Waals surface area contributed by atoms with Gasteiger partial charge in [0.1, 0.15) is 11.5 Å². The van der Waals surface area contributed by atoms with Gasteiger partial charge in [-0.05, 0) is 42.8 Å². The minimum atomic E-state index is -0.228. The van der Waals surface area contributed by atoms with Crippen molar-refractivity contribution in [3.63, 3.8) is 0 Å². The fourth-order valence-corrected chi connectivity index (χ4v) is 2.64. The average molecular weight is 371 g/mol. The quantitative estimate of drug-likeness (QED) is 0.718. The number of ether oxygens (including phenoxy) is 4. The van der Waals surface area contributed by atoms with Crippen molar-refractivity contribution in [2.45, 2.75) is 13.0 Å². The van der Waals surface area contributed by atoms with Gasteiger partial charge in [0.2, 0.25) is 5.91 Å². The van der Waals surface area contributed by atoms with Crippen molar-refractivity contribution < 1.29 is 23.7 Å². The van der Waals surface area contributed by atoms with Crippen LogP contribution in [0.25, 0.3) is 6.08 Å². The van der Waals surface area contributed by atoms with E-state index in [1.807, 2.05) is 25.1 Å². The number of hydrogen-bond donors (Lipinski definition) is 1. The minimum Gasteiger partial charge on any atom is -0.497 e. The van der Waals surface area contributed by atoms with Gasteiger partial charge in [0, 0.05) is 17.7 Å².